The van der Waals surface area contributed by atoms with Crippen LogP contribution < -0.4 is 0 Å². The summed E-state index contributed by atoms with van der Waals surface area (Å²) in [5.74, 6) is 1.04. The van der Waals surface area contributed by atoms with Crippen LogP contribution in [-0.2, 0) is 19.9 Å². The Hall–Kier alpha value is -2.92. The fourth-order valence-electron chi connectivity index (χ4n) is 3.35. The molecule has 5 nitrogen and oxygen atoms in total. The number of aliphatic hydroxyl groups excluding tert-OH is 1. The first-order valence-corrected chi connectivity index (χ1v) is 8.90. The molecular weight excluding hydrogens is 324 g/mol. The minimum Gasteiger partial charge on any atom is -0.396 e. The molecule has 1 N–H and O–H groups in total. The first kappa shape index (κ1) is 16.5. The fourth-order valence-corrected chi connectivity index (χ4v) is 3.35. The molecule has 26 heavy (non-hydrogen) atoms. The number of aromatic nitrogens is 4. The van der Waals surface area contributed by atoms with E-state index in [0.717, 1.165) is 45.7 Å². The zero-order chi connectivity index (χ0) is 18.1. The summed E-state index contributed by atoms with van der Waals surface area (Å²) in [6.45, 7) is 2.30. The Bertz CT molecular complexity index is 1040. The van der Waals surface area contributed by atoms with Crippen LogP contribution in [0.5, 0.6) is 0 Å². The second-order valence-corrected chi connectivity index (χ2v) is 6.46. The fraction of sp³-hybridized carbons (Fsp3) is 0.238. The lowest BCUT2D eigenvalue weighted by Crippen LogP contribution is -2.00. The first-order valence-electron chi connectivity index (χ1n) is 8.90. The van der Waals surface area contributed by atoms with Crippen LogP contribution in [0, 0.1) is 0 Å². The Morgan fingerprint density at radius 1 is 1.04 bits per heavy atom. The van der Waals surface area contributed by atoms with Crippen molar-refractivity contribution in [3.05, 3.63) is 66.2 Å². The molecule has 0 amide bonds. The molecule has 0 saturated carbocycles. The van der Waals surface area contributed by atoms with Gasteiger partial charge < -0.3 is 5.11 Å². The van der Waals surface area contributed by atoms with Gasteiger partial charge in [-0.05, 0) is 41.8 Å². The Kier molecular flexibility index (Phi) is 4.31. The number of aryl methyl sites for hydroxylation is 2. The molecule has 0 saturated heterocycles. The van der Waals surface area contributed by atoms with E-state index in [1.807, 2.05) is 24.1 Å². The molecule has 0 spiro atoms. The van der Waals surface area contributed by atoms with Gasteiger partial charge in [-0.25, -0.2) is 4.98 Å². The van der Waals surface area contributed by atoms with Crippen LogP contribution in [0.15, 0.2) is 54.9 Å². The van der Waals surface area contributed by atoms with Crippen LogP contribution in [0.3, 0.4) is 0 Å². The highest BCUT2D eigenvalue weighted by molar-refractivity contribution is 5.84. The molecule has 0 atom stereocenters. The van der Waals surface area contributed by atoms with Crippen molar-refractivity contribution in [1.82, 2.24) is 19.3 Å². The van der Waals surface area contributed by atoms with Crippen molar-refractivity contribution in [3.8, 4) is 16.8 Å². The third kappa shape index (κ3) is 2.91. The molecule has 4 aromatic rings. The van der Waals surface area contributed by atoms with Gasteiger partial charge >= 0.3 is 0 Å². The zero-order valence-corrected chi connectivity index (χ0v) is 15.1. The molecule has 0 unspecified atom stereocenters. The summed E-state index contributed by atoms with van der Waals surface area (Å²) in [6.07, 6.45) is 5.42. The van der Waals surface area contributed by atoms with E-state index in [0.29, 0.717) is 6.42 Å². The average molecular weight is 346 g/mol. The predicted octanol–water partition coefficient (Wildman–Crippen LogP) is 3.52. The molecule has 2 aromatic carbocycles. The first-order chi connectivity index (χ1) is 12.7. The summed E-state index contributed by atoms with van der Waals surface area (Å²) >= 11 is 0. The lowest BCUT2D eigenvalue weighted by Gasteiger charge is -2.09. The number of aliphatic hydroxyl groups is 1. The van der Waals surface area contributed by atoms with E-state index < -0.39 is 0 Å². The van der Waals surface area contributed by atoms with Crippen molar-refractivity contribution in [2.75, 3.05) is 6.61 Å². The number of fused-ring (bicyclic) bond motifs is 1. The third-order valence-corrected chi connectivity index (χ3v) is 4.67. The number of rotatable bonds is 5. The van der Waals surface area contributed by atoms with Gasteiger partial charge in [-0.3, -0.25) is 9.25 Å². The molecular formula is C21H22N4O. The highest BCUT2D eigenvalue weighted by Crippen LogP contribution is 2.27. The molecule has 2 heterocycles. The van der Waals surface area contributed by atoms with Gasteiger partial charge in [-0.15, -0.1) is 0 Å². The summed E-state index contributed by atoms with van der Waals surface area (Å²) < 4.78 is 4.02. The van der Waals surface area contributed by atoms with Crippen molar-refractivity contribution in [2.24, 2.45) is 7.05 Å². The molecule has 132 valence electrons. The highest BCUT2D eigenvalue weighted by atomic mass is 16.2. The van der Waals surface area contributed by atoms with Gasteiger partial charge in [-0.1, -0.05) is 25.1 Å². The standard InChI is InChI=1S/C21H22N4O/c1-3-21-23-19-12-16(17-13-22-24(2)14-17)6-9-20(19)25(21)18-7-4-15(5-8-18)10-11-26/h4-9,12-14,26H,3,10-11H2,1-2H3. The summed E-state index contributed by atoms with van der Waals surface area (Å²) in [4.78, 5) is 4.86. The monoisotopic (exact) mass is 346 g/mol. The largest absolute Gasteiger partial charge is 0.396 e. The molecule has 0 aliphatic carbocycles. The van der Waals surface area contributed by atoms with Gasteiger partial charge in [0.1, 0.15) is 5.82 Å². The van der Waals surface area contributed by atoms with E-state index in [-0.39, 0.29) is 6.61 Å². The van der Waals surface area contributed by atoms with Gasteiger partial charge in [-0.2, -0.15) is 5.10 Å². The normalized spacial score (nSPS) is 11.3. The van der Waals surface area contributed by atoms with Crippen LogP contribution in [0.25, 0.3) is 27.8 Å². The van der Waals surface area contributed by atoms with Crippen molar-refractivity contribution in [1.29, 1.82) is 0 Å². The molecule has 0 aliphatic heterocycles. The van der Waals surface area contributed by atoms with E-state index in [1.54, 1.807) is 0 Å². The van der Waals surface area contributed by atoms with Gasteiger partial charge in [0.25, 0.3) is 0 Å². The van der Waals surface area contributed by atoms with Gasteiger partial charge in [0.2, 0.25) is 0 Å². The van der Waals surface area contributed by atoms with Gasteiger partial charge in [0, 0.05) is 37.5 Å². The maximum atomic E-state index is 9.10. The number of benzene rings is 2. The SMILES string of the molecule is CCc1nc2cc(-c3cnn(C)c3)ccc2n1-c1ccc(CCO)cc1. The number of nitrogens with zero attached hydrogens (tertiary/aromatic N) is 4. The second-order valence-electron chi connectivity index (χ2n) is 6.46. The summed E-state index contributed by atoms with van der Waals surface area (Å²) in [5, 5.41) is 13.4. The number of hydrogen-bond donors (Lipinski definition) is 1. The molecule has 0 bridgehead atoms. The van der Waals surface area contributed by atoms with E-state index >= 15 is 0 Å². The van der Waals surface area contributed by atoms with Crippen LogP contribution in [0.4, 0.5) is 0 Å². The Morgan fingerprint density at radius 3 is 2.50 bits per heavy atom. The van der Waals surface area contributed by atoms with Crippen LogP contribution in [0.2, 0.25) is 0 Å². The summed E-state index contributed by atoms with van der Waals surface area (Å²) in [6, 6.07) is 14.7. The summed E-state index contributed by atoms with van der Waals surface area (Å²) in [5.41, 5.74) is 6.54. The molecule has 2 aromatic heterocycles. The Morgan fingerprint density at radius 2 is 1.85 bits per heavy atom. The summed E-state index contributed by atoms with van der Waals surface area (Å²) in [7, 11) is 1.92. The van der Waals surface area contributed by atoms with Gasteiger partial charge in [0.05, 0.1) is 17.2 Å². The number of imidazole rings is 1. The second kappa shape index (κ2) is 6.77. The molecule has 0 aliphatic rings. The Balaban J connectivity index is 1.81. The minimum absolute atomic E-state index is 0.171. The van der Waals surface area contributed by atoms with Crippen molar-refractivity contribution >= 4 is 11.0 Å². The molecule has 5 heteroatoms. The average Bonchev–Trinajstić information content (AvgIpc) is 3.25. The van der Waals surface area contributed by atoms with Crippen LogP contribution >= 0.6 is 0 Å². The molecule has 0 fully saturated rings. The maximum absolute atomic E-state index is 9.10. The third-order valence-electron chi connectivity index (χ3n) is 4.67. The minimum atomic E-state index is 0.171. The van der Waals surface area contributed by atoms with E-state index in [1.165, 1.54) is 0 Å². The quantitative estimate of drug-likeness (QED) is 0.601. The van der Waals surface area contributed by atoms with Crippen molar-refractivity contribution in [2.45, 2.75) is 19.8 Å². The van der Waals surface area contributed by atoms with Crippen molar-refractivity contribution < 1.29 is 5.11 Å². The lowest BCUT2D eigenvalue weighted by atomic mass is 10.1. The van der Waals surface area contributed by atoms with E-state index in [2.05, 4.69) is 59.1 Å². The highest BCUT2D eigenvalue weighted by Gasteiger charge is 2.12. The zero-order valence-electron chi connectivity index (χ0n) is 15.1. The van der Waals surface area contributed by atoms with E-state index in [4.69, 9.17) is 10.1 Å². The maximum Gasteiger partial charge on any atom is 0.114 e. The van der Waals surface area contributed by atoms with Gasteiger partial charge in [0.15, 0.2) is 0 Å². The molecule has 4 rings (SSSR count). The molecule has 0 radical (unpaired) electrons. The van der Waals surface area contributed by atoms with E-state index in [9.17, 15) is 0 Å². The smallest absolute Gasteiger partial charge is 0.114 e. The van der Waals surface area contributed by atoms with Crippen molar-refractivity contribution in [3.63, 3.8) is 0 Å². The van der Waals surface area contributed by atoms with Crippen LogP contribution in [-0.4, -0.2) is 31.0 Å². The topological polar surface area (TPSA) is 55.9 Å². The van der Waals surface area contributed by atoms with Crippen LogP contribution in [0.1, 0.15) is 18.3 Å². The Labute approximate surface area is 152 Å². The lowest BCUT2D eigenvalue weighted by molar-refractivity contribution is 0.299. The predicted molar refractivity (Wildman–Crippen MR) is 103 cm³/mol. The number of hydrogen-bond acceptors (Lipinski definition) is 3.